The highest BCUT2D eigenvalue weighted by Gasteiger charge is 2.49. The van der Waals surface area contributed by atoms with Crippen LogP contribution in [-0.4, -0.2) is 35.0 Å². The summed E-state index contributed by atoms with van der Waals surface area (Å²) in [6, 6.07) is 1.17. The highest BCUT2D eigenvalue weighted by atomic mass is 31.2. The molecular weight excluding hydrogens is 389 g/mol. The molecule has 0 unspecified atom stereocenters. The topological polar surface area (TPSA) is 135 Å². The van der Waals surface area contributed by atoms with Crippen molar-refractivity contribution >= 4 is 13.7 Å². The molecule has 0 amide bonds. The van der Waals surface area contributed by atoms with Gasteiger partial charge in [0, 0.05) is 12.3 Å². The minimum Gasteiger partial charge on any atom is -0.468 e. The van der Waals surface area contributed by atoms with Crippen LogP contribution in [0, 0.1) is 5.92 Å². The van der Waals surface area contributed by atoms with E-state index in [0.29, 0.717) is 0 Å². The van der Waals surface area contributed by atoms with Crippen LogP contribution in [0.4, 0.5) is 0 Å². The molecule has 0 saturated carbocycles. The number of aromatic amines is 1. The van der Waals surface area contributed by atoms with Gasteiger partial charge in [0.15, 0.2) is 12.2 Å². The van der Waals surface area contributed by atoms with Gasteiger partial charge >= 0.3 is 13.5 Å². The number of ether oxygens (including phenoxy) is 1. The Morgan fingerprint density at radius 3 is 2.71 bits per heavy atom. The molecule has 3 heterocycles. The highest BCUT2D eigenvalue weighted by molar-refractivity contribution is 7.48. The van der Waals surface area contributed by atoms with E-state index in [2.05, 4.69) is 18.8 Å². The smallest absolute Gasteiger partial charge is 0.468 e. The van der Waals surface area contributed by atoms with Crippen molar-refractivity contribution in [2.45, 2.75) is 51.7 Å². The second kappa shape index (κ2) is 8.65. The van der Waals surface area contributed by atoms with Crippen LogP contribution in [0.3, 0.4) is 0 Å². The maximum absolute atomic E-state index is 12.9. The van der Waals surface area contributed by atoms with E-state index in [9.17, 15) is 14.2 Å². The first-order valence-corrected chi connectivity index (χ1v) is 10.9. The molecule has 0 bridgehead atoms. The van der Waals surface area contributed by atoms with E-state index in [1.807, 2.05) is 0 Å². The van der Waals surface area contributed by atoms with Gasteiger partial charge in [0.25, 0.3) is 5.56 Å². The number of hydrogen-bond acceptors (Lipinski definition) is 8. The minimum absolute atomic E-state index is 0.0168. The van der Waals surface area contributed by atoms with Gasteiger partial charge in [0.05, 0.1) is 13.2 Å². The fraction of sp³-hybridized carbons (Fsp3) is 0.647. The molecule has 0 spiro atoms. The lowest BCUT2D eigenvalue weighted by Crippen LogP contribution is -2.37. The van der Waals surface area contributed by atoms with E-state index in [0.717, 1.165) is 30.3 Å². The molecule has 3 N–H and O–H groups in total. The Bertz CT molecular complexity index is 887. The predicted molar refractivity (Wildman–Crippen MR) is 101 cm³/mol. The van der Waals surface area contributed by atoms with Crippen LogP contribution in [0.15, 0.2) is 27.5 Å². The van der Waals surface area contributed by atoms with Crippen molar-refractivity contribution in [2.24, 2.45) is 11.7 Å². The van der Waals surface area contributed by atoms with Crippen LogP contribution in [0.1, 0.15) is 39.5 Å². The summed E-state index contributed by atoms with van der Waals surface area (Å²) >= 11 is 0. The van der Waals surface area contributed by atoms with Gasteiger partial charge in [0.2, 0.25) is 5.88 Å². The Hall–Kier alpha value is -1.87. The van der Waals surface area contributed by atoms with Gasteiger partial charge in [-0.3, -0.25) is 23.3 Å². The van der Waals surface area contributed by atoms with Crippen molar-refractivity contribution in [2.75, 3.05) is 13.2 Å². The zero-order valence-electron chi connectivity index (χ0n) is 16.0. The largest absolute Gasteiger partial charge is 0.475 e. The van der Waals surface area contributed by atoms with E-state index >= 15 is 0 Å². The fourth-order valence-corrected chi connectivity index (χ4v) is 4.79. The highest BCUT2D eigenvalue weighted by Crippen LogP contribution is 2.56. The van der Waals surface area contributed by atoms with Crippen molar-refractivity contribution in [3.8, 4) is 0 Å². The SMILES string of the molecule is CCCC(CCC)CO[P@@]1(=O)OC[C@H]2OC(n3ccc(=O)[nH]c3=O)=C(N)[C@@H]2O1. The third-order valence-electron chi connectivity index (χ3n) is 4.70. The molecule has 2 aliphatic heterocycles. The number of aromatic nitrogens is 2. The minimum atomic E-state index is -3.80. The molecule has 1 aromatic heterocycles. The molecule has 10 nitrogen and oxygen atoms in total. The van der Waals surface area contributed by atoms with Crippen LogP contribution in [0.2, 0.25) is 0 Å². The molecule has 156 valence electrons. The van der Waals surface area contributed by atoms with Gasteiger partial charge in [-0.25, -0.2) is 13.9 Å². The standard InChI is InChI=1S/C17H26N3O7P/c1-3-5-11(6-4-2)9-24-28(23)25-10-12-15(27-28)14(18)16(26-12)20-8-7-13(21)19-17(20)22/h7-8,11-12,15H,3-6,9-10,18H2,1-2H3,(H,19,21,22)/t12-,15-,28+/m1/s1. The zero-order chi connectivity index (χ0) is 20.3. The average Bonchev–Trinajstić information content (AvgIpc) is 2.96. The first-order chi connectivity index (χ1) is 13.4. The maximum atomic E-state index is 12.9. The van der Waals surface area contributed by atoms with Gasteiger partial charge in [-0.1, -0.05) is 26.7 Å². The van der Waals surface area contributed by atoms with E-state index in [-0.39, 0.29) is 30.7 Å². The van der Waals surface area contributed by atoms with Crippen LogP contribution in [-0.2, 0) is 22.9 Å². The summed E-state index contributed by atoms with van der Waals surface area (Å²) in [4.78, 5) is 25.4. The van der Waals surface area contributed by atoms with Gasteiger partial charge in [-0.15, -0.1) is 0 Å². The number of phosphoric acid groups is 1. The van der Waals surface area contributed by atoms with E-state index < -0.39 is 31.3 Å². The molecule has 3 atom stereocenters. The summed E-state index contributed by atoms with van der Waals surface area (Å²) in [5.74, 6) is 0.289. The summed E-state index contributed by atoms with van der Waals surface area (Å²) in [5.41, 5.74) is 4.94. The third-order valence-corrected chi connectivity index (χ3v) is 6.11. The Balaban J connectivity index is 1.74. The van der Waals surface area contributed by atoms with Crippen molar-refractivity contribution in [3.05, 3.63) is 38.8 Å². The quantitative estimate of drug-likeness (QED) is 0.614. The molecule has 0 aliphatic carbocycles. The lowest BCUT2D eigenvalue weighted by molar-refractivity contribution is -0.0361. The molecule has 11 heteroatoms. The monoisotopic (exact) mass is 415 g/mol. The van der Waals surface area contributed by atoms with Crippen LogP contribution >= 0.6 is 7.82 Å². The van der Waals surface area contributed by atoms with Gasteiger partial charge in [0.1, 0.15) is 5.70 Å². The Morgan fingerprint density at radius 2 is 2.07 bits per heavy atom. The third kappa shape index (κ3) is 4.41. The number of H-pyrrole nitrogens is 1. The second-order valence-electron chi connectivity index (χ2n) is 6.91. The molecule has 3 rings (SSSR count). The fourth-order valence-electron chi connectivity index (χ4n) is 3.34. The molecule has 1 aromatic rings. The molecule has 1 fully saturated rings. The van der Waals surface area contributed by atoms with E-state index in [1.54, 1.807) is 0 Å². The average molecular weight is 415 g/mol. The number of nitrogens with one attached hydrogen (secondary N) is 1. The van der Waals surface area contributed by atoms with E-state index in [4.69, 9.17) is 24.0 Å². The molecular formula is C17H26N3O7P. The predicted octanol–water partition coefficient (Wildman–Crippen LogP) is 1.78. The number of nitrogens with two attached hydrogens (primary N) is 1. The number of nitrogens with zero attached hydrogens (tertiary/aromatic N) is 1. The number of fused-ring (bicyclic) bond motifs is 1. The first kappa shape index (κ1) is 20.9. The van der Waals surface area contributed by atoms with Crippen molar-refractivity contribution in [3.63, 3.8) is 0 Å². The number of rotatable bonds is 8. The van der Waals surface area contributed by atoms with Gasteiger partial charge in [-0.05, 0) is 18.8 Å². The summed E-state index contributed by atoms with van der Waals surface area (Å²) in [6.07, 6.45) is 3.65. The summed E-state index contributed by atoms with van der Waals surface area (Å²) < 4.78 is 36.0. The molecule has 2 aliphatic rings. The van der Waals surface area contributed by atoms with Gasteiger partial charge < -0.3 is 10.5 Å². The molecule has 28 heavy (non-hydrogen) atoms. The second-order valence-corrected chi connectivity index (χ2v) is 8.53. The Morgan fingerprint density at radius 1 is 1.36 bits per heavy atom. The normalized spacial score (nSPS) is 27.1. The Labute approximate surface area is 162 Å². The summed E-state index contributed by atoms with van der Waals surface area (Å²) in [5, 5.41) is 0. The molecule has 1 saturated heterocycles. The molecule has 0 aromatic carbocycles. The van der Waals surface area contributed by atoms with Crippen LogP contribution in [0.25, 0.3) is 5.88 Å². The van der Waals surface area contributed by atoms with E-state index in [1.165, 1.54) is 12.3 Å². The maximum Gasteiger partial charge on any atom is 0.475 e. The van der Waals surface area contributed by atoms with Crippen LogP contribution < -0.4 is 17.0 Å². The van der Waals surface area contributed by atoms with Crippen molar-refractivity contribution in [1.29, 1.82) is 0 Å². The summed E-state index contributed by atoms with van der Waals surface area (Å²) in [7, 11) is -3.80. The van der Waals surface area contributed by atoms with Crippen molar-refractivity contribution < 1.29 is 22.9 Å². The number of hydrogen-bond donors (Lipinski definition) is 2. The zero-order valence-corrected chi connectivity index (χ0v) is 16.9. The summed E-state index contributed by atoms with van der Waals surface area (Å²) in [6.45, 7) is 4.39. The Kier molecular flexibility index (Phi) is 6.44. The lowest BCUT2D eigenvalue weighted by Gasteiger charge is -2.31. The van der Waals surface area contributed by atoms with Crippen LogP contribution in [0.5, 0.6) is 0 Å². The number of phosphoric ester groups is 1. The van der Waals surface area contributed by atoms with Gasteiger partial charge in [-0.2, -0.15) is 0 Å². The lowest BCUT2D eigenvalue weighted by atomic mass is 10.00. The van der Waals surface area contributed by atoms with Crippen molar-refractivity contribution in [1.82, 2.24) is 9.55 Å². The molecule has 0 radical (unpaired) electrons. The first-order valence-electron chi connectivity index (χ1n) is 9.43.